The Morgan fingerprint density at radius 2 is 1.77 bits per heavy atom. The molecule has 3 rings (SSSR count). The van der Waals surface area contributed by atoms with Gasteiger partial charge in [0, 0.05) is 24.8 Å². The molecule has 0 bridgehead atoms. The molecule has 0 atom stereocenters. The molecule has 1 amide bonds. The van der Waals surface area contributed by atoms with E-state index in [9.17, 15) is 13.6 Å². The first kappa shape index (κ1) is 18.0. The van der Waals surface area contributed by atoms with E-state index in [1.807, 2.05) is 30.3 Å². The lowest BCUT2D eigenvalue weighted by molar-refractivity contribution is 0.0881. The summed E-state index contributed by atoms with van der Waals surface area (Å²) in [5, 5.41) is 2.88. The zero-order chi connectivity index (χ0) is 18.5. The van der Waals surface area contributed by atoms with Gasteiger partial charge in [0.2, 0.25) is 0 Å². The molecular weight excluding hydrogens is 340 g/mol. The maximum Gasteiger partial charge on any atom is 0.410 e. The molecule has 0 unspecified atom stereocenters. The van der Waals surface area contributed by atoms with E-state index in [1.54, 1.807) is 4.90 Å². The van der Waals surface area contributed by atoms with Crippen molar-refractivity contribution in [3.8, 4) is 0 Å². The zero-order valence-corrected chi connectivity index (χ0v) is 14.3. The van der Waals surface area contributed by atoms with Crippen molar-refractivity contribution < 1.29 is 18.3 Å². The van der Waals surface area contributed by atoms with E-state index >= 15 is 0 Å². The Morgan fingerprint density at radius 3 is 2.38 bits per heavy atom. The Kier molecular flexibility index (Phi) is 5.55. The van der Waals surface area contributed by atoms with E-state index in [0.717, 1.165) is 17.7 Å². The van der Waals surface area contributed by atoms with Crippen LogP contribution in [0.2, 0.25) is 0 Å². The summed E-state index contributed by atoms with van der Waals surface area (Å²) >= 11 is 0. The minimum atomic E-state index is -0.716. The summed E-state index contributed by atoms with van der Waals surface area (Å²) in [5.74, 6) is -1.43. The summed E-state index contributed by atoms with van der Waals surface area (Å²) in [6, 6.07) is 11.5. The molecule has 1 aliphatic rings. The van der Waals surface area contributed by atoms with Crippen molar-refractivity contribution in [3.63, 3.8) is 0 Å². The van der Waals surface area contributed by atoms with Crippen molar-refractivity contribution in [3.05, 3.63) is 59.7 Å². The van der Waals surface area contributed by atoms with Gasteiger partial charge in [-0.1, -0.05) is 30.3 Å². The SMILES string of the molecule is Nc1cc(F)c(NC2CCN(C(=O)OCc3ccccc3)CC2)c(F)c1. The number of nitrogens with zero attached hydrogens (tertiary/aromatic N) is 1. The number of amides is 1. The number of carbonyl (C=O) groups excluding carboxylic acids is 1. The molecule has 0 spiro atoms. The summed E-state index contributed by atoms with van der Waals surface area (Å²) in [6.07, 6.45) is 0.769. The van der Waals surface area contributed by atoms with Crippen molar-refractivity contribution in [1.29, 1.82) is 0 Å². The topological polar surface area (TPSA) is 67.6 Å². The highest BCUT2D eigenvalue weighted by Gasteiger charge is 2.25. The van der Waals surface area contributed by atoms with Gasteiger partial charge in [-0.3, -0.25) is 0 Å². The third kappa shape index (κ3) is 4.41. The highest BCUT2D eigenvalue weighted by atomic mass is 19.1. The van der Waals surface area contributed by atoms with E-state index in [2.05, 4.69) is 5.32 Å². The van der Waals surface area contributed by atoms with Crippen LogP contribution < -0.4 is 11.1 Å². The van der Waals surface area contributed by atoms with Gasteiger partial charge in [-0.25, -0.2) is 13.6 Å². The number of rotatable bonds is 4. The monoisotopic (exact) mass is 361 g/mol. The minimum Gasteiger partial charge on any atom is -0.445 e. The number of piperidine rings is 1. The van der Waals surface area contributed by atoms with E-state index in [1.165, 1.54) is 0 Å². The van der Waals surface area contributed by atoms with E-state index in [-0.39, 0.29) is 30.1 Å². The van der Waals surface area contributed by atoms with Crippen molar-refractivity contribution in [2.75, 3.05) is 24.1 Å². The molecule has 0 aliphatic carbocycles. The number of carbonyl (C=O) groups is 1. The summed E-state index contributed by atoms with van der Waals surface area (Å²) in [5.41, 5.74) is 6.21. The van der Waals surface area contributed by atoms with Crippen molar-refractivity contribution in [2.24, 2.45) is 0 Å². The third-order valence-corrected chi connectivity index (χ3v) is 4.37. The molecule has 138 valence electrons. The van der Waals surface area contributed by atoms with E-state index in [0.29, 0.717) is 25.9 Å². The van der Waals surface area contributed by atoms with Crippen LogP contribution in [0.25, 0.3) is 0 Å². The number of benzene rings is 2. The van der Waals surface area contributed by atoms with Gasteiger partial charge in [-0.05, 0) is 30.5 Å². The lowest BCUT2D eigenvalue weighted by Crippen LogP contribution is -2.42. The molecule has 2 aromatic rings. The molecule has 0 saturated carbocycles. The molecule has 0 aromatic heterocycles. The van der Waals surface area contributed by atoms with Crippen LogP contribution >= 0.6 is 0 Å². The molecular formula is C19H21F2N3O2. The van der Waals surface area contributed by atoms with Crippen LogP contribution in [0.1, 0.15) is 18.4 Å². The fraction of sp³-hybridized carbons (Fsp3) is 0.316. The number of nitrogens with two attached hydrogens (primary N) is 1. The van der Waals surface area contributed by atoms with E-state index < -0.39 is 11.6 Å². The van der Waals surface area contributed by atoms with Gasteiger partial charge in [-0.15, -0.1) is 0 Å². The Hall–Kier alpha value is -2.83. The van der Waals surface area contributed by atoms with Gasteiger partial charge in [0.15, 0.2) is 11.6 Å². The second-order valence-electron chi connectivity index (χ2n) is 6.31. The number of likely N-dealkylation sites (tertiary alicyclic amines) is 1. The number of halogens is 2. The average molecular weight is 361 g/mol. The van der Waals surface area contributed by atoms with Crippen LogP contribution in [0.5, 0.6) is 0 Å². The van der Waals surface area contributed by atoms with Crippen molar-refractivity contribution in [1.82, 2.24) is 4.90 Å². The average Bonchev–Trinajstić information content (AvgIpc) is 2.64. The molecule has 2 aromatic carbocycles. The smallest absolute Gasteiger partial charge is 0.410 e. The number of ether oxygens (including phenoxy) is 1. The number of nitrogens with one attached hydrogen (secondary N) is 1. The van der Waals surface area contributed by atoms with Gasteiger partial charge in [0.1, 0.15) is 12.3 Å². The highest BCUT2D eigenvalue weighted by Crippen LogP contribution is 2.25. The molecule has 3 N–H and O–H groups in total. The Labute approximate surface area is 150 Å². The highest BCUT2D eigenvalue weighted by molar-refractivity contribution is 5.67. The fourth-order valence-corrected chi connectivity index (χ4v) is 2.95. The maximum atomic E-state index is 13.9. The second kappa shape index (κ2) is 8.03. The number of anilines is 2. The van der Waals surface area contributed by atoms with Gasteiger partial charge < -0.3 is 20.7 Å². The summed E-state index contributed by atoms with van der Waals surface area (Å²) in [4.78, 5) is 13.7. The summed E-state index contributed by atoms with van der Waals surface area (Å²) in [7, 11) is 0. The molecule has 1 fully saturated rings. The molecule has 0 radical (unpaired) electrons. The normalized spacial score (nSPS) is 14.9. The molecule has 7 heteroatoms. The first-order chi connectivity index (χ1) is 12.5. The van der Waals surface area contributed by atoms with Crippen LogP contribution in [-0.4, -0.2) is 30.1 Å². The molecule has 26 heavy (non-hydrogen) atoms. The quantitative estimate of drug-likeness (QED) is 0.814. The minimum absolute atomic E-state index is 0.0431. The van der Waals surface area contributed by atoms with Crippen molar-refractivity contribution >= 4 is 17.5 Å². The largest absolute Gasteiger partial charge is 0.445 e. The molecule has 1 heterocycles. The summed E-state index contributed by atoms with van der Waals surface area (Å²) < 4.78 is 33.0. The number of hydrogen-bond donors (Lipinski definition) is 2. The standard InChI is InChI=1S/C19H21F2N3O2/c20-16-10-14(22)11-17(21)18(16)23-15-6-8-24(9-7-15)19(25)26-12-13-4-2-1-3-5-13/h1-5,10-11,15,23H,6-9,12,22H2. The second-order valence-corrected chi connectivity index (χ2v) is 6.31. The van der Waals surface area contributed by atoms with Crippen molar-refractivity contribution in [2.45, 2.75) is 25.5 Å². The maximum absolute atomic E-state index is 13.9. The third-order valence-electron chi connectivity index (χ3n) is 4.37. The lowest BCUT2D eigenvalue weighted by atomic mass is 10.0. The number of nitrogen functional groups attached to an aromatic ring is 1. The first-order valence-corrected chi connectivity index (χ1v) is 8.49. The molecule has 5 nitrogen and oxygen atoms in total. The predicted molar refractivity (Wildman–Crippen MR) is 95.6 cm³/mol. The van der Waals surface area contributed by atoms with Gasteiger partial charge >= 0.3 is 6.09 Å². The van der Waals surface area contributed by atoms with Crippen LogP contribution in [0, 0.1) is 11.6 Å². The fourth-order valence-electron chi connectivity index (χ4n) is 2.95. The lowest BCUT2D eigenvalue weighted by Gasteiger charge is -2.32. The predicted octanol–water partition coefficient (Wildman–Crippen LogP) is 3.76. The number of hydrogen-bond acceptors (Lipinski definition) is 4. The van der Waals surface area contributed by atoms with Gasteiger partial charge in [0.25, 0.3) is 0 Å². The van der Waals surface area contributed by atoms with Crippen LogP contribution in [0.15, 0.2) is 42.5 Å². The first-order valence-electron chi connectivity index (χ1n) is 8.49. The van der Waals surface area contributed by atoms with Crippen LogP contribution in [0.3, 0.4) is 0 Å². The molecule has 1 aliphatic heterocycles. The zero-order valence-electron chi connectivity index (χ0n) is 14.3. The Bertz CT molecular complexity index is 740. The Morgan fingerprint density at radius 1 is 1.15 bits per heavy atom. The van der Waals surface area contributed by atoms with Crippen LogP contribution in [-0.2, 0) is 11.3 Å². The van der Waals surface area contributed by atoms with Gasteiger partial charge in [0.05, 0.1) is 0 Å². The van der Waals surface area contributed by atoms with E-state index in [4.69, 9.17) is 10.5 Å². The van der Waals surface area contributed by atoms with Gasteiger partial charge in [-0.2, -0.15) is 0 Å². The molecule has 1 saturated heterocycles. The van der Waals surface area contributed by atoms with Crippen LogP contribution in [0.4, 0.5) is 25.0 Å². The summed E-state index contributed by atoms with van der Waals surface area (Å²) in [6.45, 7) is 1.15. The Balaban J connectivity index is 1.49.